The Kier molecular flexibility index (Phi) is 6.21. The van der Waals surface area contributed by atoms with Gasteiger partial charge in [-0.05, 0) is 42.8 Å². The molecular formula is C29H26F3NO7. The number of benzene rings is 3. The van der Waals surface area contributed by atoms with E-state index in [4.69, 9.17) is 28.4 Å². The van der Waals surface area contributed by atoms with E-state index in [9.17, 15) is 18.0 Å². The first-order valence-electron chi connectivity index (χ1n) is 12.6. The number of nitrogens with zero attached hydrogens (tertiary/aromatic N) is 1. The number of hydrogen-bond acceptors (Lipinski definition) is 8. The third kappa shape index (κ3) is 3.82. The molecule has 0 unspecified atom stereocenters. The molecule has 0 aliphatic carbocycles. The Morgan fingerprint density at radius 2 is 1.70 bits per heavy atom. The van der Waals surface area contributed by atoms with Gasteiger partial charge in [-0.2, -0.15) is 13.2 Å². The van der Waals surface area contributed by atoms with Crippen molar-refractivity contribution in [2.75, 3.05) is 41.7 Å². The zero-order valence-electron chi connectivity index (χ0n) is 22.2. The van der Waals surface area contributed by atoms with E-state index in [1.807, 2.05) is 11.9 Å². The summed E-state index contributed by atoms with van der Waals surface area (Å²) in [7, 11) is 6.33. The number of cyclic esters (lactones) is 1. The zero-order chi connectivity index (χ0) is 28.3. The van der Waals surface area contributed by atoms with Crippen LogP contribution in [0.3, 0.4) is 0 Å². The van der Waals surface area contributed by atoms with Crippen LogP contribution in [0.1, 0.15) is 44.8 Å². The SMILES string of the molecule is COc1ccc2c(c1OC)C(=O)O[C@@H]2[C@H]1c2c(c(-c3cccc(C(F)(F)F)c3)c3c(c2OC)OCO3)CCN1C. The minimum absolute atomic E-state index is 0.112. The van der Waals surface area contributed by atoms with Gasteiger partial charge in [-0.1, -0.05) is 18.2 Å². The predicted molar refractivity (Wildman–Crippen MR) is 136 cm³/mol. The molecule has 0 bridgehead atoms. The van der Waals surface area contributed by atoms with E-state index < -0.39 is 29.9 Å². The zero-order valence-corrected chi connectivity index (χ0v) is 22.2. The summed E-state index contributed by atoms with van der Waals surface area (Å²) in [5, 5.41) is 0. The molecule has 0 fully saturated rings. The molecule has 0 saturated heterocycles. The summed E-state index contributed by atoms with van der Waals surface area (Å²) in [5.74, 6) is 1.12. The number of esters is 1. The predicted octanol–water partition coefficient (Wildman–Crippen LogP) is 5.57. The van der Waals surface area contributed by atoms with Crippen molar-refractivity contribution in [1.29, 1.82) is 0 Å². The lowest BCUT2D eigenvalue weighted by Crippen LogP contribution is -2.36. The van der Waals surface area contributed by atoms with Crippen molar-refractivity contribution in [3.63, 3.8) is 0 Å². The lowest BCUT2D eigenvalue weighted by molar-refractivity contribution is -0.137. The maximum Gasteiger partial charge on any atom is 0.416 e. The average Bonchev–Trinajstić information content (AvgIpc) is 3.55. The number of ether oxygens (including phenoxy) is 6. The van der Waals surface area contributed by atoms with E-state index in [2.05, 4.69) is 0 Å². The fourth-order valence-electron chi connectivity index (χ4n) is 5.99. The van der Waals surface area contributed by atoms with Crippen LogP contribution in [0.5, 0.6) is 28.7 Å². The van der Waals surface area contributed by atoms with Crippen molar-refractivity contribution in [1.82, 2.24) is 4.90 Å². The van der Waals surface area contributed by atoms with Gasteiger partial charge in [0.15, 0.2) is 23.0 Å². The number of alkyl halides is 3. The average molecular weight is 558 g/mol. The molecule has 0 N–H and O–H groups in total. The van der Waals surface area contributed by atoms with E-state index in [0.717, 1.165) is 17.7 Å². The molecule has 3 aliphatic heterocycles. The topological polar surface area (TPSA) is 75.7 Å². The second kappa shape index (κ2) is 9.51. The fraction of sp³-hybridized carbons (Fsp3) is 0.345. The van der Waals surface area contributed by atoms with Crippen LogP contribution >= 0.6 is 0 Å². The Hall–Kier alpha value is -4.12. The van der Waals surface area contributed by atoms with Gasteiger partial charge in [0.1, 0.15) is 11.7 Å². The minimum atomic E-state index is -4.52. The smallest absolute Gasteiger partial charge is 0.416 e. The van der Waals surface area contributed by atoms with Gasteiger partial charge in [-0.25, -0.2) is 4.79 Å². The molecule has 3 aliphatic rings. The lowest BCUT2D eigenvalue weighted by Gasteiger charge is -2.39. The van der Waals surface area contributed by atoms with Crippen molar-refractivity contribution in [3.8, 4) is 39.9 Å². The van der Waals surface area contributed by atoms with Crippen LogP contribution in [0, 0.1) is 0 Å². The van der Waals surface area contributed by atoms with Crippen molar-refractivity contribution < 1.29 is 46.4 Å². The van der Waals surface area contributed by atoms with Gasteiger partial charge in [0, 0.05) is 23.2 Å². The normalized spacial score (nSPS) is 19.6. The number of carbonyl (C=O) groups is 1. The Balaban J connectivity index is 1.60. The van der Waals surface area contributed by atoms with E-state index in [1.54, 1.807) is 18.2 Å². The van der Waals surface area contributed by atoms with E-state index in [1.165, 1.54) is 27.4 Å². The summed E-state index contributed by atoms with van der Waals surface area (Å²) < 4.78 is 75.4. The number of carbonyl (C=O) groups excluding carboxylic acids is 1. The minimum Gasteiger partial charge on any atom is -0.493 e. The molecule has 3 aromatic rings. The molecular weight excluding hydrogens is 531 g/mol. The monoisotopic (exact) mass is 557 g/mol. The molecule has 3 aromatic carbocycles. The third-order valence-electron chi connectivity index (χ3n) is 7.69. The van der Waals surface area contributed by atoms with Gasteiger partial charge >= 0.3 is 12.1 Å². The summed E-state index contributed by atoms with van der Waals surface area (Å²) in [5.41, 5.74) is 2.35. The van der Waals surface area contributed by atoms with Gasteiger partial charge in [-0.15, -0.1) is 0 Å². The maximum absolute atomic E-state index is 13.7. The van der Waals surface area contributed by atoms with Gasteiger partial charge in [0.05, 0.1) is 32.9 Å². The molecule has 11 heteroatoms. The van der Waals surface area contributed by atoms with Crippen molar-refractivity contribution in [3.05, 3.63) is 64.2 Å². The van der Waals surface area contributed by atoms with E-state index in [0.29, 0.717) is 58.2 Å². The maximum atomic E-state index is 13.7. The van der Waals surface area contributed by atoms with E-state index in [-0.39, 0.29) is 18.1 Å². The largest absolute Gasteiger partial charge is 0.493 e. The van der Waals surface area contributed by atoms with Crippen LogP contribution in [0.4, 0.5) is 13.2 Å². The highest BCUT2D eigenvalue weighted by Crippen LogP contribution is 2.59. The Morgan fingerprint density at radius 1 is 0.950 bits per heavy atom. The van der Waals surface area contributed by atoms with Crippen LogP contribution in [0.2, 0.25) is 0 Å². The molecule has 0 aromatic heterocycles. The van der Waals surface area contributed by atoms with Crippen LogP contribution in [0.25, 0.3) is 11.1 Å². The third-order valence-corrected chi connectivity index (χ3v) is 7.69. The molecule has 0 spiro atoms. The number of hydrogen-bond donors (Lipinski definition) is 0. The van der Waals surface area contributed by atoms with Crippen LogP contribution < -0.4 is 23.7 Å². The summed E-state index contributed by atoms with van der Waals surface area (Å²) in [6, 6.07) is 8.06. The Bertz CT molecular complexity index is 1520. The first-order chi connectivity index (χ1) is 19.2. The van der Waals surface area contributed by atoms with Crippen molar-refractivity contribution >= 4 is 5.97 Å². The number of likely N-dealkylation sites (N-methyl/N-ethyl adjacent to an activating group) is 1. The molecule has 2 atom stereocenters. The standard InChI is InChI=1S/C29H26F3NO7/c1-33-11-10-16-19(14-6-5-7-15(12-14)29(30,31)32)26-27(39-13-38-26)25(37-4)20(16)22(33)23-17-8-9-18(35-2)24(36-3)21(17)28(34)40-23/h5-9,12,22-23H,10-11,13H2,1-4H3/t22-,23+/m1/s1. The molecule has 6 rings (SSSR count). The quantitative estimate of drug-likeness (QED) is 0.377. The molecule has 3 heterocycles. The Morgan fingerprint density at radius 3 is 2.40 bits per heavy atom. The van der Waals surface area contributed by atoms with E-state index >= 15 is 0 Å². The number of methoxy groups -OCH3 is 3. The number of halogens is 3. The molecule has 0 amide bonds. The molecule has 0 radical (unpaired) electrons. The highest BCUT2D eigenvalue weighted by Gasteiger charge is 2.47. The van der Waals surface area contributed by atoms with Crippen molar-refractivity contribution in [2.24, 2.45) is 0 Å². The van der Waals surface area contributed by atoms with Gasteiger partial charge in [0.25, 0.3) is 0 Å². The van der Waals surface area contributed by atoms with Gasteiger partial charge < -0.3 is 28.4 Å². The summed E-state index contributed by atoms with van der Waals surface area (Å²) in [6.07, 6.45) is -4.80. The second-order valence-electron chi connectivity index (χ2n) is 9.71. The highest BCUT2D eigenvalue weighted by atomic mass is 19.4. The van der Waals surface area contributed by atoms with Crippen LogP contribution in [-0.4, -0.2) is 52.6 Å². The lowest BCUT2D eigenvalue weighted by atomic mass is 9.81. The first kappa shape index (κ1) is 26.1. The molecule has 8 nitrogen and oxygen atoms in total. The number of fused-ring (bicyclic) bond motifs is 3. The number of rotatable bonds is 5. The summed E-state index contributed by atoms with van der Waals surface area (Å²) in [4.78, 5) is 15.2. The summed E-state index contributed by atoms with van der Waals surface area (Å²) >= 11 is 0. The highest BCUT2D eigenvalue weighted by molar-refractivity contribution is 5.98. The van der Waals surface area contributed by atoms with Gasteiger partial charge in [-0.3, -0.25) is 4.90 Å². The van der Waals surface area contributed by atoms with Gasteiger partial charge in [0.2, 0.25) is 12.5 Å². The molecule has 40 heavy (non-hydrogen) atoms. The molecule has 0 saturated carbocycles. The first-order valence-corrected chi connectivity index (χ1v) is 12.6. The Labute approximate surface area is 228 Å². The summed E-state index contributed by atoms with van der Waals surface area (Å²) in [6.45, 7) is 0.419. The van der Waals surface area contributed by atoms with Crippen LogP contribution in [0.15, 0.2) is 36.4 Å². The van der Waals surface area contributed by atoms with Crippen LogP contribution in [-0.2, 0) is 17.3 Å². The van der Waals surface area contributed by atoms with Crippen molar-refractivity contribution in [2.45, 2.75) is 24.7 Å². The second-order valence-corrected chi connectivity index (χ2v) is 9.71. The molecule has 210 valence electrons. The fourth-order valence-corrected chi connectivity index (χ4v) is 5.99.